The molecule has 5 heteroatoms. The van der Waals surface area contributed by atoms with Gasteiger partial charge >= 0.3 is 17.8 Å². The van der Waals surface area contributed by atoms with E-state index >= 15 is 0 Å². The van der Waals surface area contributed by atoms with Gasteiger partial charge in [0.1, 0.15) is 0 Å². The lowest BCUT2D eigenvalue weighted by Crippen LogP contribution is -2.33. The van der Waals surface area contributed by atoms with Crippen LogP contribution in [-0.2, 0) is 9.59 Å². The van der Waals surface area contributed by atoms with Crippen LogP contribution < -0.4 is 5.32 Å². The average molecular weight is 218 g/mol. The van der Waals surface area contributed by atoms with Crippen molar-refractivity contribution in [1.82, 2.24) is 10.2 Å². The zero-order valence-electron chi connectivity index (χ0n) is 8.64. The normalized spacial score (nSPS) is 17.6. The summed E-state index contributed by atoms with van der Waals surface area (Å²) in [6, 6.07) is 7.96. The molecule has 0 aliphatic carbocycles. The Morgan fingerprint density at radius 1 is 1.12 bits per heavy atom. The molecule has 1 N–H and O–H groups in total. The summed E-state index contributed by atoms with van der Waals surface area (Å²) in [5.41, 5.74) is 0.806. The molecule has 0 aromatic heterocycles. The van der Waals surface area contributed by atoms with Crippen LogP contribution in [0.1, 0.15) is 18.5 Å². The summed E-state index contributed by atoms with van der Waals surface area (Å²) < 4.78 is 0. The van der Waals surface area contributed by atoms with Crippen LogP contribution in [0.2, 0.25) is 0 Å². The zero-order valence-corrected chi connectivity index (χ0v) is 8.64. The molecule has 1 aliphatic heterocycles. The molecule has 5 nitrogen and oxygen atoms in total. The van der Waals surface area contributed by atoms with Crippen LogP contribution in [0, 0.1) is 0 Å². The van der Waals surface area contributed by atoms with Crippen LogP contribution in [0.5, 0.6) is 0 Å². The van der Waals surface area contributed by atoms with E-state index in [0.717, 1.165) is 10.5 Å². The van der Waals surface area contributed by atoms with Gasteiger partial charge in [0.25, 0.3) is 0 Å². The number of imide groups is 2. The number of urea groups is 1. The van der Waals surface area contributed by atoms with Gasteiger partial charge in [0, 0.05) is 0 Å². The van der Waals surface area contributed by atoms with E-state index in [2.05, 4.69) is 0 Å². The summed E-state index contributed by atoms with van der Waals surface area (Å²) in [6.45, 7) is 1.70. The topological polar surface area (TPSA) is 66.5 Å². The number of hydrogen-bond donors (Lipinski definition) is 1. The van der Waals surface area contributed by atoms with Crippen LogP contribution in [0.25, 0.3) is 0 Å². The van der Waals surface area contributed by atoms with E-state index in [1.54, 1.807) is 19.1 Å². The predicted molar refractivity (Wildman–Crippen MR) is 55.2 cm³/mol. The van der Waals surface area contributed by atoms with Gasteiger partial charge in [-0.05, 0) is 12.5 Å². The largest absolute Gasteiger partial charge is 0.332 e. The van der Waals surface area contributed by atoms with Crippen LogP contribution in [-0.4, -0.2) is 22.7 Å². The van der Waals surface area contributed by atoms with E-state index < -0.39 is 23.9 Å². The highest BCUT2D eigenvalue weighted by Crippen LogP contribution is 2.22. The molecule has 16 heavy (non-hydrogen) atoms. The molecule has 1 atom stereocenters. The van der Waals surface area contributed by atoms with Gasteiger partial charge in [-0.2, -0.15) is 0 Å². The van der Waals surface area contributed by atoms with Gasteiger partial charge in [-0.1, -0.05) is 30.3 Å². The highest BCUT2D eigenvalue weighted by atomic mass is 16.2. The Kier molecular flexibility index (Phi) is 2.44. The molecule has 1 aromatic rings. The summed E-state index contributed by atoms with van der Waals surface area (Å²) in [5, 5.41) is 1.97. The van der Waals surface area contributed by atoms with Crippen molar-refractivity contribution < 1.29 is 14.4 Å². The van der Waals surface area contributed by atoms with Gasteiger partial charge in [-0.15, -0.1) is 0 Å². The van der Waals surface area contributed by atoms with Crippen molar-refractivity contribution >= 4 is 17.8 Å². The van der Waals surface area contributed by atoms with Crippen molar-refractivity contribution in [3.05, 3.63) is 35.9 Å². The first-order valence-corrected chi connectivity index (χ1v) is 4.84. The smallest absolute Gasteiger partial charge is 0.269 e. The third-order valence-electron chi connectivity index (χ3n) is 2.52. The molecule has 2 rings (SSSR count). The SMILES string of the molecule is C[C@H](c1ccccc1)N1C(=O)NC(=O)C1=O. The fourth-order valence-corrected chi connectivity index (χ4v) is 1.64. The molecule has 0 saturated carbocycles. The standard InChI is InChI=1S/C11H10N2O3/c1-7(8-5-3-2-4-6-8)13-10(15)9(14)12-11(13)16/h2-7H,1H3,(H,12,14,16)/t7-/m1/s1. The third-order valence-corrected chi connectivity index (χ3v) is 2.52. The van der Waals surface area contributed by atoms with Crippen molar-refractivity contribution in [2.45, 2.75) is 13.0 Å². The monoisotopic (exact) mass is 218 g/mol. The summed E-state index contributed by atoms with van der Waals surface area (Å²) in [4.78, 5) is 34.7. The lowest BCUT2D eigenvalue weighted by Gasteiger charge is -2.20. The first kappa shape index (κ1) is 10.4. The van der Waals surface area contributed by atoms with Crippen molar-refractivity contribution in [2.24, 2.45) is 0 Å². The molecule has 1 fully saturated rings. The lowest BCUT2D eigenvalue weighted by molar-refractivity contribution is -0.141. The Bertz CT molecular complexity index is 456. The Morgan fingerprint density at radius 2 is 1.75 bits per heavy atom. The maximum absolute atomic E-state index is 11.4. The third kappa shape index (κ3) is 1.56. The minimum Gasteiger partial charge on any atom is -0.269 e. The first-order valence-electron chi connectivity index (χ1n) is 4.84. The molecule has 0 unspecified atom stereocenters. The molecule has 1 heterocycles. The Labute approximate surface area is 92.0 Å². The van der Waals surface area contributed by atoms with Crippen molar-refractivity contribution in [3.63, 3.8) is 0 Å². The molecular formula is C11H10N2O3. The van der Waals surface area contributed by atoms with Gasteiger partial charge in [-0.25, -0.2) is 9.69 Å². The number of carbonyl (C=O) groups is 3. The van der Waals surface area contributed by atoms with Crippen LogP contribution >= 0.6 is 0 Å². The van der Waals surface area contributed by atoms with E-state index in [1.165, 1.54) is 0 Å². The fraction of sp³-hybridized carbons (Fsp3) is 0.182. The predicted octanol–water partition coefficient (Wildman–Crippen LogP) is 0.826. The van der Waals surface area contributed by atoms with E-state index in [-0.39, 0.29) is 0 Å². The molecule has 1 aliphatic rings. The Morgan fingerprint density at radius 3 is 2.25 bits per heavy atom. The maximum atomic E-state index is 11.4. The quantitative estimate of drug-likeness (QED) is 0.590. The summed E-state index contributed by atoms with van der Waals surface area (Å²) in [7, 11) is 0. The molecule has 0 spiro atoms. The number of rotatable bonds is 2. The second-order valence-corrected chi connectivity index (χ2v) is 3.52. The number of carbonyl (C=O) groups excluding carboxylic acids is 3. The van der Waals surface area contributed by atoms with E-state index in [1.807, 2.05) is 23.5 Å². The van der Waals surface area contributed by atoms with Gasteiger partial charge in [-0.3, -0.25) is 14.9 Å². The lowest BCUT2D eigenvalue weighted by atomic mass is 10.1. The minimum atomic E-state index is -0.868. The van der Waals surface area contributed by atoms with E-state index in [0.29, 0.717) is 0 Å². The summed E-state index contributed by atoms with van der Waals surface area (Å²) >= 11 is 0. The highest BCUT2D eigenvalue weighted by molar-refractivity contribution is 6.44. The molecule has 1 saturated heterocycles. The van der Waals surface area contributed by atoms with Crippen molar-refractivity contribution in [1.29, 1.82) is 0 Å². The van der Waals surface area contributed by atoms with Gasteiger partial charge < -0.3 is 0 Å². The average Bonchev–Trinajstić information content (AvgIpc) is 2.54. The van der Waals surface area contributed by atoms with E-state index in [4.69, 9.17) is 0 Å². The van der Waals surface area contributed by atoms with Crippen molar-refractivity contribution in [3.8, 4) is 0 Å². The highest BCUT2D eigenvalue weighted by Gasteiger charge is 2.40. The number of nitrogens with one attached hydrogen (secondary N) is 1. The van der Waals surface area contributed by atoms with Gasteiger partial charge in [0.05, 0.1) is 6.04 Å². The molecule has 82 valence electrons. The zero-order chi connectivity index (χ0) is 11.7. The number of amides is 4. The van der Waals surface area contributed by atoms with Gasteiger partial charge in [0.15, 0.2) is 0 Å². The number of nitrogens with zero attached hydrogens (tertiary/aromatic N) is 1. The maximum Gasteiger partial charge on any atom is 0.332 e. The first-order chi connectivity index (χ1) is 7.61. The fourth-order valence-electron chi connectivity index (χ4n) is 1.64. The Hall–Kier alpha value is -2.17. The van der Waals surface area contributed by atoms with E-state index in [9.17, 15) is 14.4 Å². The van der Waals surface area contributed by atoms with Crippen LogP contribution in [0.4, 0.5) is 4.79 Å². The van der Waals surface area contributed by atoms with Crippen LogP contribution in [0.15, 0.2) is 30.3 Å². The van der Waals surface area contributed by atoms with Gasteiger partial charge in [0.2, 0.25) is 0 Å². The molecule has 0 bridgehead atoms. The molecule has 0 radical (unpaired) electrons. The Balaban J connectivity index is 2.29. The molecule has 4 amide bonds. The summed E-state index contributed by atoms with van der Waals surface area (Å²) in [6.07, 6.45) is 0. The summed E-state index contributed by atoms with van der Waals surface area (Å²) in [5.74, 6) is -1.67. The van der Waals surface area contributed by atoms with Crippen LogP contribution in [0.3, 0.4) is 0 Å². The number of hydrogen-bond acceptors (Lipinski definition) is 3. The minimum absolute atomic E-state index is 0.444. The number of benzene rings is 1. The second-order valence-electron chi connectivity index (χ2n) is 3.52. The van der Waals surface area contributed by atoms with Crippen molar-refractivity contribution in [2.75, 3.05) is 0 Å². The molecule has 1 aromatic carbocycles. The molecular weight excluding hydrogens is 208 g/mol. The second kappa shape index (κ2) is 3.77.